The highest BCUT2D eigenvalue weighted by Crippen LogP contribution is 2.44. The molecule has 2 aromatic carbocycles. The Kier molecular flexibility index (Phi) is 4.12. The minimum absolute atomic E-state index is 0.0750. The highest BCUT2D eigenvalue weighted by molar-refractivity contribution is 5.89. The zero-order valence-electron chi connectivity index (χ0n) is 14.7. The van der Waals surface area contributed by atoms with Crippen LogP contribution < -0.4 is 0 Å². The monoisotopic (exact) mass is 361 g/mol. The van der Waals surface area contributed by atoms with Gasteiger partial charge in [-0.15, -0.1) is 6.42 Å². The van der Waals surface area contributed by atoms with Crippen LogP contribution in [0.4, 0.5) is 4.79 Å². The summed E-state index contributed by atoms with van der Waals surface area (Å²) in [7, 11) is 0. The van der Waals surface area contributed by atoms with Crippen molar-refractivity contribution >= 4 is 12.1 Å². The molecule has 2 aromatic rings. The van der Waals surface area contributed by atoms with Gasteiger partial charge in [-0.3, -0.25) is 4.90 Å². The number of ether oxygens (including phenoxy) is 1. The SMILES string of the molecule is C#C[C@]1(C(=O)O)CCCN1C(=O)OCC1c2ccccc2-c2ccccc21. The number of rotatable bonds is 3. The molecule has 0 radical (unpaired) electrons. The molecule has 0 bridgehead atoms. The Morgan fingerprint density at radius 1 is 1.15 bits per heavy atom. The van der Waals surface area contributed by atoms with Crippen LogP contribution in [0.2, 0.25) is 0 Å². The van der Waals surface area contributed by atoms with Crippen molar-refractivity contribution in [3.8, 4) is 23.5 Å². The lowest BCUT2D eigenvalue weighted by Crippen LogP contribution is -2.52. The fraction of sp³-hybridized carbons (Fsp3) is 0.273. The zero-order valence-corrected chi connectivity index (χ0v) is 14.7. The van der Waals surface area contributed by atoms with Crippen molar-refractivity contribution in [1.29, 1.82) is 0 Å². The Labute approximate surface area is 157 Å². The van der Waals surface area contributed by atoms with Crippen molar-refractivity contribution < 1.29 is 19.4 Å². The second-order valence-electron chi connectivity index (χ2n) is 6.87. The lowest BCUT2D eigenvalue weighted by atomic mass is 9.97. The predicted octanol–water partition coefficient (Wildman–Crippen LogP) is 3.49. The molecule has 0 saturated carbocycles. The van der Waals surface area contributed by atoms with Gasteiger partial charge in [-0.05, 0) is 35.1 Å². The Morgan fingerprint density at radius 3 is 2.30 bits per heavy atom. The van der Waals surface area contributed by atoms with Crippen LogP contribution in [0, 0.1) is 12.3 Å². The molecule has 1 N–H and O–H groups in total. The highest BCUT2D eigenvalue weighted by atomic mass is 16.6. The van der Waals surface area contributed by atoms with Gasteiger partial charge in [-0.25, -0.2) is 9.59 Å². The third-order valence-electron chi connectivity index (χ3n) is 5.53. The number of aliphatic carboxylic acids is 1. The van der Waals surface area contributed by atoms with E-state index in [9.17, 15) is 14.7 Å². The number of fused-ring (bicyclic) bond motifs is 3. The van der Waals surface area contributed by atoms with E-state index in [1.807, 2.05) is 36.4 Å². The normalized spacial score (nSPS) is 20.6. The first kappa shape index (κ1) is 17.2. The van der Waals surface area contributed by atoms with Crippen molar-refractivity contribution in [3.05, 3.63) is 59.7 Å². The minimum Gasteiger partial charge on any atom is -0.479 e. The Balaban J connectivity index is 1.57. The molecule has 1 aliphatic carbocycles. The molecule has 0 unspecified atom stereocenters. The van der Waals surface area contributed by atoms with Gasteiger partial charge >= 0.3 is 12.1 Å². The molecule has 136 valence electrons. The molecular weight excluding hydrogens is 342 g/mol. The van der Waals surface area contributed by atoms with Crippen LogP contribution >= 0.6 is 0 Å². The van der Waals surface area contributed by atoms with Gasteiger partial charge in [-0.2, -0.15) is 0 Å². The van der Waals surface area contributed by atoms with Gasteiger partial charge in [0.1, 0.15) is 6.61 Å². The van der Waals surface area contributed by atoms with Crippen LogP contribution in [0.1, 0.15) is 29.9 Å². The van der Waals surface area contributed by atoms with Gasteiger partial charge in [-0.1, -0.05) is 54.5 Å². The smallest absolute Gasteiger partial charge is 0.411 e. The van der Waals surface area contributed by atoms with E-state index in [2.05, 4.69) is 18.1 Å². The summed E-state index contributed by atoms with van der Waals surface area (Å²) in [6, 6.07) is 16.1. The summed E-state index contributed by atoms with van der Waals surface area (Å²) in [5.41, 5.74) is 2.88. The molecule has 1 atom stereocenters. The largest absolute Gasteiger partial charge is 0.479 e. The molecular formula is C22H19NO4. The van der Waals surface area contributed by atoms with Gasteiger partial charge < -0.3 is 9.84 Å². The summed E-state index contributed by atoms with van der Waals surface area (Å²) in [6.07, 6.45) is 5.57. The number of terminal acetylenes is 1. The number of carbonyl (C=O) groups is 2. The molecule has 5 heteroatoms. The first-order chi connectivity index (χ1) is 13.1. The van der Waals surface area contributed by atoms with Crippen molar-refractivity contribution in [2.75, 3.05) is 13.2 Å². The van der Waals surface area contributed by atoms with Gasteiger partial charge in [0.15, 0.2) is 0 Å². The van der Waals surface area contributed by atoms with E-state index in [1.54, 1.807) is 0 Å². The number of carbonyl (C=O) groups excluding carboxylic acids is 1. The number of nitrogens with zero attached hydrogens (tertiary/aromatic N) is 1. The lowest BCUT2D eigenvalue weighted by Gasteiger charge is -2.29. The summed E-state index contributed by atoms with van der Waals surface area (Å²) in [5, 5.41) is 9.53. The molecule has 5 nitrogen and oxygen atoms in total. The second-order valence-corrected chi connectivity index (χ2v) is 6.87. The Hall–Kier alpha value is -3.26. The van der Waals surface area contributed by atoms with Crippen LogP contribution in [0.25, 0.3) is 11.1 Å². The number of amides is 1. The second kappa shape index (κ2) is 6.48. The first-order valence-corrected chi connectivity index (χ1v) is 8.92. The number of likely N-dealkylation sites (tertiary alicyclic amines) is 1. The molecule has 2 aliphatic rings. The molecule has 4 rings (SSSR count). The van der Waals surface area contributed by atoms with E-state index in [4.69, 9.17) is 11.2 Å². The standard InChI is InChI=1S/C22H19NO4/c1-2-22(20(24)25)12-7-13-23(22)21(26)27-14-19-17-10-5-3-8-15(17)16-9-4-6-11-18(16)19/h1,3-6,8-11,19H,7,12-14H2,(H,24,25)/t22-/m1/s1. The Bertz CT molecular complexity index is 915. The molecule has 0 aromatic heterocycles. The summed E-state index contributed by atoms with van der Waals surface area (Å²) >= 11 is 0. The van der Waals surface area contributed by atoms with Gasteiger partial charge in [0, 0.05) is 12.5 Å². The predicted molar refractivity (Wildman–Crippen MR) is 100 cm³/mol. The van der Waals surface area contributed by atoms with E-state index < -0.39 is 17.6 Å². The van der Waals surface area contributed by atoms with Crippen LogP contribution in [0.15, 0.2) is 48.5 Å². The average molecular weight is 361 g/mol. The zero-order chi connectivity index (χ0) is 19.0. The third-order valence-corrected chi connectivity index (χ3v) is 5.53. The van der Waals surface area contributed by atoms with E-state index in [1.165, 1.54) is 4.90 Å². The maximum atomic E-state index is 12.6. The van der Waals surface area contributed by atoms with Crippen LogP contribution in [0.3, 0.4) is 0 Å². The molecule has 27 heavy (non-hydrogen) atoms. The van der Waals surface area contributed by atoms with E-state index in [0.29, 0.717) is 6.42 Å². The first-order valence-electron chi connectivity index (χ1n) is 8.92. The molecule has 1 heterocycles. The van der Waals surface area contributed by atoms with Crippen LogP contribution in [-0.2, 0) is 9.53 Å². The van der Waals surface area contributed by atoms with Gasteiger partial charge in [0.25, 0.3) is 0 Å². The number of carboxylic acid groups (broad SMARTS) is 1. The number of hydrogen-bond acceptors (Lipinski definition) is 3. The van der Waals surface area contributed by atoms with Crippen molar-refractivity contribution in [1.82, 2.24) is 4.90 Å². The van der Waals surface area contributed by atoms with E-state index in [0.717, 1.165) is 22.3 Å². The number of carboxylic acids is 1. The molecule has 1 amide bonds. The average Bonchev–Trinajstić information content (AvgIpc) is 3.27. The summed E-state index contributed by atoms with van der Waals surface area (Å²) in [4.78, 5) is 25.5. The summed E-state index contributed by atoms with van der Waals surface area (Å²) in [6.45, 7) is 0.427. The van der Waals surface area contributed by atoms with E-state index in [-0.39, 0.29) is 25.5 Å². The maximum absolute atomic E-state index is 12.6. The number of hydrogen-bond donors (Lipinski definition) is 1. The van der Waals surface area contributed by atoms with E-state index >= 15 is 0 Å². The molecule has 0 spiro atoms. The molecule has 1 saturated heterocycles. The third kappa shape index (κ3) is 2.57. The van der Waals surface area contributed by atoms with Crippen molar-refractivity contribution in [2.24, 2.45) is 0 Å². The topological polar surface area (TPSA) is 66.8 Å². The Morgan fingerprint density at radius 2 is 1.74 bits per heavy atom. The molecule has 1 fully saturated rings. The molecule has 1 aliphatic heterocycles. The minimum atomic E-state index is -1.61. The summed E-state index contributed by atoms with van der Waals surface area (Å²) < 4.78 is 5.56. The van der Waals surface area contributed by atoms with Crippen LogP contribution in [0.5, 0.6) is 0 Å². The highest BCUT2D eigenvalue weighted by Gasteiger charge is 2.50. The van der Waals surface area contributed by atoms with Gasteiger partial charge in [0.2, 0.25) is 5.54 Å². The van der Waals surface area contributed by atoms with Crippen molar-refractivity contribution in [2.45, 2.75) is 24.3 Å². The quantitative estimate of drug-likeness (QED) is 0.850. The fourth-order valence-electron chi connectivity index (χ4n) is 4.17. The van der Waals surface area contributed by atoms with Crippen LogP contribution in [-0.4, -0.2) is 40.8 Å². The summed E-state index contributed by atoms with van der Waals surface area (Å²) in [5.74, 6) is 1.03. The fourth-order valence-corrected chi connectivity index (χ4v) is 4.17. The van der Waals surface area contributed by atoms with Gasteiger partial charge in [0.05, 0.1) is 0 Å². The van der Waals surface area contributed by atoms with Crippen molar-refractivity contribution in [3.63, 3.8) is 0 Å². The lowest BCUT2D eigenvalue weighted by molar-refractivity contribution is -0.145. The number of benzene rings is 2. The maximum Gasteiger partial charge on any atom is 0.411 e.